The molecule has 1 N–H and O–H groups in total. The first kappa shape index (κ1) is 15.8. The monoisotopic (exact) mass is 349 g/mol. The molecular weight excluding hydrogens is 334 g/mol. The van der Waals surface area contributed by atoms with Crippen LogP contribution in [-0.2, 0) is 12.2 Å². The summed E-state index contributed by atoms with van der Waals surface area (Å²) in [6, 6.07) is 7.63. The lowest BCUT2D eigenvalue weighted by Gasteiger charge is -2.03. The van der Waals surface area contributed by atoms with Crippen LogP contribution in [0, 0.1) is 0 Å². The highest BCUT2D eigenvalue weighted by molar-refractivity contribution is 8.00. The zero-order valence-electron chi connectivity index (χ0n) is 12.6. The van der Waals surface area contributed by atoms with Gasteiger partial charge in [-0.25, -0.2) is 0 Å². The van der Waals surface area contributed by atoms with Crippen LogP contribution in [0.4, 0.5) is 10.8 Å². The Morgan fingerprint density at radius 3 is 2.61 bits per heavy atom. The van der Waals surface area contributed by atoms with E-state index in [1.165, 1.54) is 23.1 Å². The third-order valence-corrected chi connectivity index (χ3v) is 4.83. The molecule has 2 heterocycles. The molecule has 7 nitrogen and oxygen atoms in total. The highest BCUT2D eigenvalue weighted by Crippen LogP contribution is 2.30. The van der Waals surface area contributed by atoms with Crippen molar-refractivity contribution in [3.63, 3.8) is 0 Å². The fraction of sp³-hybridized carbons (Fsp3) is 0.286. The molecule has 0 saturated heterocycles. The number of thioether (sulfide) groups is 1. The van der Waals surface area contributed by atoms with Crippen LogP contribution in [0.2, 0.25) is 0 Å². The van der Waals surface area contributed by atoms with E-state index in [4.69, 9.17) is 9.15 Å². The molecular formula is C14H15N5O2S2. The van der Waals surface area contributed by atoms with Crippen LogP contribution < -0.4 is 10.1 Å². The van der Waals surface area contributed by atoms with Gasteiger partial charge in [-0.1, -0.05) is 30.0 Å². The molecule has 0 aliphatic carbocycles. The van der Waals surface area contributed by atoms with Crippen molar-refractivity contribution in [2.75, 3.05) is 12.4 Å². The Kier molecular flexibility index (Phi) is 5.09. The Labute approximate surface area is 141 Å². The number of aromatic nitrogens is 4. The number of hydrogen-bond donors (Lipinski definition) is 1. The van der Waals surface area contributed by atoms with E-state index >= 15 is 0 Å². The molecule has 0 spiro atoms. The molecule has 0 radical (unpaired) electrons. The van der Waals surface area contributed by atoms with Crippen LogP contribution in [-0.4, -0.2) is 27.5 Å². The largest absolute Gasteiger partial charge is 0.497 e. The van der Waals surface area contributed by atoms with E-state index in [1.807, 2.05) is 31.2 Å². The van der Waals surface area contributed by atoms with Gasteiger partial charge in [0.2, 0.25) is 16.9 Å². The number of benzene rings is 1. The van der Waals surface area contributed by atoms with E-state index in [1.54, 1.807) is 7.11 Å². The maximum Gasteiger partial charge on any atom is 0.226 e. The Morgan fingerprint density at radius 2 is 1.91 bits per heavy atom. The lowest BCUT2D eigenvalue weighted by atomic mass is 10.3. The summed E-state index contributed by atoms with van der Waals surface area (Å²) in [6.07, 6.45) is 0.742. The quantitative estimate of drug-likeness (QED) is 0.648. The molecule has 0 atom stereocenters. The SMILES string of the molecule is CCc1nnc(CSc2nnc(Nc3ccc(OC)cc3)s2)o1. The van der Waals surface area contributed by atoms with Gasteiger partial charge >= 0.3 is 0 Å². The summed E-state index contributed by atoms with van der Waals surface area (Å²) >= 11 is 3.00. The summed E-state index contributed by atoms with van der Waals surface area (Å²) < 4.78 is 11.4. The highest BCUT2D eigenvalue weighted by atomic mass is 32.2. The van der Waals surface area contributed by atoms with Gasteiger partial charge in [0.05, 0.1) is 12.9 Å². The van der Waals surface area contributed by atoms with Crippen LogP contribution in [0.5, 0.6) is 5.75 Å². The standard InChI is InChI=1S/C14H15N5O2S2/c1-3-11-16-17-12(21-11)8-22-14-19-18-13(23-14)15-9-4-6-10(20-2)7-5-9/h4-7H,3,8H2,1-2H3,(H,15,18). The second-order valence-corrected chi connectivity index (χ2v) is 6.66. The second kappa shape index (κ2) is 7.42. The predicted octanol–water partition coefficient (Wildman–Crippen LogP) is 3.53. The molecule has 2 aromatic heterocycles. The molecule has 0 amide bonds. The maximum absolute atomic E-state index is 5.46. The van der Waals surface area contributed by atoms with E-state index in [-0.39, 0.29) is 0 Å². The molecule has 0 saturated carbocycles. The van der Waals surface area contributed by atoms with Crippen molar-refractivity contribution in [3.8, 4) is 5.75 Å². The molecule has 0 unspecified atom stereocenters. The van der Waals surface area contributed by atoms with Gasteiger partial charge in [0.25, 0.3) is 0 Å². The maximum atomic E-state index is 5.46. The Balaban J connectivity index is 1.56. The van der Waals surface area contributed by atoms with Gasteiger partial charge in [0, 0.05) is 12.1 Å². The minimum Gasteiger partial charge on any atom is -0.497 e. The van der Waals surface area contributed by atoms with E-state index < -0.39 is 0 Å². The molecule has 1 aromatic carbocycles. The molecule has 0 fully saturated rings. The first-order valence-electron chi connectivity index (χ1n) is 6.95. The Bertz CT molecular complexity index is 757. The number of methoxy groups -OCH3 is 1. The minimum atomic E-state index is 0.587. The summed E-state index contributed by atoms with van der Waals surface area (Å²) in [5, 5.41) is 20.1. The molecule has 120 valence electrons. The Hall–Kier alpha value is -2.13. The van der Waals surface area contributed by atoms with Gasteiger partial charge in [-0.15, -0.1) is 20.4 Å². The number of nitrogens with zero attached hydrogens (tertiary/aromatic N) is 4. The smallest absolute Gasteiger partial charge is 0.226 e. The molecule has 0 aliphatic rings. The van der Waals surface area contributed by atoms with E-state index in [2.05, 4.69) is 25.7 Å². The third-order valence-electron chi connectivity index (χ3n) is 2.88. The van der Waals surface area contributed by atoms with Crippen molar-refractivity contribution in [2.45, 2.75) is 23.4 Å². The van der Waals surface area contributed by atoms with E-state index in [9.17, 15) is 0 Å². The van der Waals surface area contributed by atoms with E-state index in [0.29, 0.717) is 17.5 Å². The van der Waals surface area contributed by atoms with Gasteiger partial charge in [-0.05, 0) is 24.3 Å². The average molecular weight is 349 g/mol. The molecule has 3 aromatic rings. The third kappa shape index (κ3) is 4.20. The van der Waals surface area contributed by atoms with Crippen molar-refractivity contribution < 1.29 is 9.15 Å². The van der Waals surface area contributed by atoms with Gasteiger partial charge in [0.15, 0.2) is 4.34 Å². The number of anilines is 2. The van der Waals surface area contributed by atoms with Crippen LogP contribution in [0.25, 0.3) is 0 Å². The summed E-state index contributed by atoms with van der Waals surface area (Å²) in [5.74, 6) is 2.66. The minimum absolute atomic E-state index is 0.587. The lowest BCUT2D eigenvalue weighted by Crippen LogP contribution is -1.89. The first-order chi connectivity index (χ1) is 11.3. The average Bonchev–Trinajstić information content (AvgIpc) is 3.22. The summed E-state index contributed by atoms with van der Waals surface area (Å²) in [5.41, 5.74) is 0.933. The van der Waals surface area contributed by atoms with E-state index in [0.717, 1.165) is 27.3 Å². The lowest BCUT2D eigenvalue weighted by molar-refractivity contribution is 0.415. The van der Waals surface area contributed by atoms with Gasteiger partial charge in [0.1, 0.15) is 5.75 Å². The summed E-state index contributed by atoms with van der Waals surface area (Å²) in [7, 11) is 1.64. The van der Waals surface area contributed by atoms with Crippen LogP contribution >= 0.6 is 23.1 Å². The van der Waals surface area contributed by atoms with Crippen LogP contribution in [0.15, 0.2) is 33.0 Å². The topological polar surface area (TPSA) is 86.0 Å². The Morgan fingerprint density at radius 1 is 1.13 bits per heavy atom. The number of hydrogen-bond acceptors (Lipinski definition) is 9. The molecule has 0 aliphatic heterocycles. The van der Waals surface area contributed by atoms with Gasteiger partial charge in [-0.3, -0.25) is 0 Å². The zero-order valence-corrected chi connectivity index (χ0v) is 14.3. The van der Waals surface area contributed by atoms with Crippen molar-refractivity contribution in [3.05, 3.63) is 36.0 Å². The molecule has 23 heavy (non-hydrogen) atoms. The van der Waals surface area contributed by atoms with Crippen molar-refractivity contribution >= 4 is 33.9 Å². The fourth-order valence-electron chi connectivity index (χ4n) is 1.73. The fourth-order valence-corrected chi connectivity index (χ4v) is 3.34. The van der Waals surface area contributed by atoms with Crippen molar-refractivity contribution in [1.82, 2.24) is 20.4 Å². The van der Waals surface area contributed by atoms with Crippen molar-refractivity contribution in [2.24, 2.45) is 0 Å². The normalized spacial score (nSPS) is 10.7. The van der Waals surface area contributed by atoms with Crippen LogP contribution in [0.1, 0.15) is 18.7 Å². The first-order valence-corrected chi connectivity index (χ1v) is 8.75. The van der Waals surface area contributed by atoms with Gasteiger partial charge in [-0.2, -0.15) is 0 Å². The second-order valence-electron chi connectivity index (χ2n) is 4.46. The highest BCUT2D eigenvalue weighted by Gasteiger charge is 2.09. The molecule has 3 rings (SSSR count). The molecule has 0 bridgehead atoms. The van der Waals surface area contributed by atoms with Gasteiger partial charge < -0.3 is 14.5 Å². The summed E-state index contributed by atoms with van der Waals surface area (Å²) in [4.78, 5) is 0. The number of nitrogens with one attached hydrogen (secondary N) is 1. The number of aryl methyl sites for hydroxylation is 1. The summed E-state index contributed by atoms with van der Waals surface area (Å²) in [6.45, 7) is 1.98. The number of ether oxygens (including phenoxy) is 1. The van der Waals surface area contributed by atoms with Crippen molar-refractivity contribution in [1.29, 1.82) is 0 Å². The number of rotatable bonds is 7. The predicted molar refractivity (Wildman–Crippen MR) is 89.4 cm³/mol. The van der Waals surface area contributed by atoms with Crippen LogP contribution in [0.3, 0.4) is 0 Å². The zero-order chi connectivity index (χ0) is 16.1. The molecule has 9 heteroatoms.